The van der Waals surface area contributed by atoms with E-state index in [1.54, 1.807) is 18.2 Å². The Kier molecular flexibility index (Phi) is 4.37. The van der Waals surface area contributed by atoms with Crippen LogP contribution in [-0.2, 0) is 10.2 Å². The van der Waals surface area contributed by atoms with E-state index in [1.807, 2.05) is 0 Å². The smallest absolute Gasteiger partial charge is 0.344 e. The molecular formula is C15H23N3O3S. The van der Waals surface area contributed by atoms with Crippen molar-refractivity contribution < 1.29 is 13.2 Å². The number of benzene rings is 1. The van der Waals surface area contributed by atoms with Gasteiger partial charge in [-0.05, 0) is 29.9 Å². The van der Waals surface area contributed by atoms with Crippen molar-refractivity contribution in [2.24, 2.45) is 21.5 Å². The highest BCUT2D eigenvalue weighted by atomic mass is 32.2. The molecular weight excluding hydrogens is 302 g/mol. The number of hydrogen-bond acceptors (Lipinski definition) is 4. The van der Waals surface area contributed by atoms with E-state index in [1.165, 1.54) is 0 Å². The molecule has 1 aromatic rings. The van der Waals surface area contributed by atoms with Crippen LogP contribution in [0.5, 0.6) is 5.75 Å². The van der Waals surface area contributed by atoms with Gasteiger partial charge in [0.2, 0.25) is 0 Å². The van der Waals surface area contributed by atoms with Crippen LogP contribution in [-0.4, -0.2) is 20.9 Å². The maximum absolute atomic E-state index is 11.5. The van der Waals surface area contributed by atoms with Crippen molar-refractivity contribution in [3.8, 4) is 5.75 Å². The molecule has 1 aliphatic rings. The Morgan fingerprint density at radius 1 is 1.36 bits per heavy atom. The number of fused-ring (bicyclic) bond motifs is 1. The first kappa shape index (κ1) is 16.6. The van der Waals surface area contributed by atoms with Gasteiger partial charge in [-0.15, -0.1) is 4.40 Å². The summed E-state index contributed by atoms with van der Waals surface area (Å²) in [6, 6.07) is 5.13. The fraction of sp³-hybridized carbons (Fsp3) is 0.533. The number of nitrogens with zero attached hydrogens (tertiary/aromatic N) is 1. The van der Waals surface area contributed by atoms with E-state index >= 15 is 0 Å². The lowest BCUT2D eigenvalue weighted by Crippen LogP contribution is -2.27. The van der Waals surface area contributed by atoms with Crippen molar-refractivity contribution in [2.45, 2.75) is 34.1 Å². The fourth-order valence-corrected chi connectivity index (χ4v) is 3.52. The minimum absolute atomic E-state index is 0.0483. The van der Waals surface area contributed by atoms with Crippen molar-refractivity contribution in [2.75, 3.05) is 11.3 Å². The first-order valence-corrected chi connectivity index (χ1v) is 8.66. The van der Waals surface area contributed by atoms with Gasteiger partial charge in [-0.1, -0.05) is 33.8 Å². The van der Waals surface area contributed by atoms with Crippen molar-refractivity contribution in [1.29, 1.82) is 0 Å². The van der Waals surface area contributed by atoms with Gasteiger partial charge in [-0.2, -0.15) is 8.42 Å². The molecule has 0 spiro atoms. The number of rotatable bonds is 4. The van der Waals surface area contributed by atoms with Gasteiger partial charge in [0.25, 0.3) is 0 Å². The lowest BCUT2D eigenvalue weighted by atomic mass is 9.86. The van der Waals surface area contributed by atoms with Gasteiger partial charge >= 0.3 is 10.2 Å². The van der Waals surface area contributed by atoms with E-state index < -0.39 is 10.2 Å². The van der Waals surface area contributed by atoms with Gasteiger partial charge in [0.05, 0.1) is 17.9 Å². The summed E-state index contributed by atoms with van der Waals surface area (Å²) < 4.78 is 34.8. The molecule has 7 heteroatoms. The van der Waals surface area contributed by atoms with E-state index in [2.05, 4.69) is 36.8 Å². The molecule has 0 radical (unpaired) electrons. The second-order valence-electron chi connectivity index (χ2n) is 6.91. The molecule has 6 nitrogen and oxygen atoms in total. The number of hydrogen-bond donors (Lipinski definition) is 2. The Labute approximate surface area is 132 Å². The van der Waals surface area contributed by atoms with Crippen LogP contribution in [0, 0.1) is 11.3 Å². The minimum atomic E-state index is -3.76. The van der Waals surface area contributed by atoms with Gasteiger partial charge in [0.1, 0.15) is 5.75 Å². The molecule has 0 bridgehead atoms. The minimum Gasteiger partial charge on any atom is -0.492 e. The van der Waals surface area contributed by atoms with Crippen molar-refractivity contribution >= 4 is 21.7 Å². The third kappa shape index (κ3) is 4.13. The first-order chi connectivity index (χ1) is 10.1. The molecule has 3 N–H and O–H groups in total. The van der Waals surface area contributed by atoms with E-state index in [-0.39, 0.29) is 11.3 Å². The predicted molar refractivity (Wildman–Crippen MR) is 88.4 cm³/mol. The first-order valence-electron chi connectivity index (χ1n) is 7.22. The number of anilines is 1. The largest absolute Gasteiger partial charge is 0.492 e. The zero-order valence-electron chi connectivity index (χ0n) is 13.4. The lowest BCUT2D eigenvalue weighted by Gasteiger charge is -2.24. The van der Waals surface area contributed by atoms with Gasteiger partial charge in [0.15, 0.2) is 5.84 Å². The SMILES string of the molecule is CC(COc1cccc2c1C(N)=NS(=O)(=O)N2)CC(C)(C)C. The number of nitrogens with one attached hydrogen (secondary N) is 1. The number of ether oxygens (including phenoxy) is 1. The number of nitrogens with two attached hydrogens (primary N) is 1. The molecule has 0 amide bonds. The molecule has 1 unspecified atom stereocenters. The van der Waals surface area contributed by atoms with Crippen LogP contribution >= 0.6 is 0 Å². The molecule has 0 aliphatic carbocycles. The van der Waals surface area contributed by atoms with Gasteiger partial charge < -0.3 is 10.5 Å². The van der Waals surface area contributed by atoms with E-state index in [0.29, 0.717) is 29.5 Å². The molecule has 1 atom stereocenters. The second kappa shape index (κ2) is 5.79. The summed E-state index contributed by atoms with van der Waals surface area (Å²) in [5.74, 6) is 0.865. The summed E-state index contributed by atoms with van der Waals surface area (Å²) in [6.45, 7) is 9.22. The molecule has 22 heavy (non-hydrogen) atoms. The molecule has 0 saturated heterocycles. The summed E-state index contributed by atoms with van der Waals surface area (Å²) in [6.07, 6.45) is 1.03. The Morgan fingerprint density at radius 3 is 2.68 bits per heavy atom. The maximum Gasteiger partial charge on any atom is 0.344 e. The molecule has 0 fully saturated rings. The highest BCUT2D eigenvalue weighted by Gasteiger charge is 2.24. The standard InChI is InChI=1S/C15H23N3O3S/c1-10(8-15(2,3)4)9-21-12-7-5-6-11-13(12)14(16)18-22(19,20)17-11/h5-7,10,17H,8-9H2,1-4H3,(H2,16,18). The Bertz CT molecular complexity index is 690. The second-order valence-corrected chi connectivity index (χ2v) is 8.25. The average Bonchev–Trinajstić information content (AvgIpc) is 2.32. The Balaban J connectivity index is 2.18. The topological polar surface area (TPSA) is 93.8 Å². The predicted octanol–water partition coefficient (Wildman–Crippen LogP) is 2.51. The maximum atomic E-state index is 11.5. The summed E-state index contributed by atoms with van der Waals surface area (Å²) in [5.41, 5.74) is 6.91. The quantitative estimate of drug-likeness (QED) is 0.889. The Hall–Kier alpha value is -1.76. The zero-order chi connectivity index (χ0) is 16.5. The summed E-state index contributed by atoms with van der Waals surface area (Å²) >= 11 is 0. The summed E-state index contributed by atoms with van der Waals surface area (Å²) in [4.78, 5) is 0. The van der Waals surface area contributed by atoms with E-state index in [9.17, 15) is 8.42 Å². The average molecular weight is 325 g/mol. The number of amidine groups is 1. The van der Waals surface area contributed by atoms with Gasteiger partial charge in [-0.25, -0.2) is 0 Å². The normalized spacial score (nSPS) is 17.9. The van der Waals surface area contributed by atoms with Crippen molar-refractivity contribution in [3.05, 3.63) is 23.8 Å². The van der Waals surface area contributed by atoms with Gasteiger partial charge in [-0.3, -0.25) is 4.72 Å². The van der Waals surface area contributed by atoms with E-state index in [0.717, 1.165) is 6.42 Å². The molecule has 1 aliphatic heterocycles. The molecule has 1 aromatic carbocycles. The van der Waals surface area contributed by atoms with Crippen molar-refractivity contribution in [1.82, 2.24) is 0 Å². The summed E-state index contributed by atoms with van der Waals surface area (Å²) in [5, 5.41) is 0. The van der Waals surface area contributed by atoms with Crippen LogP contribution in [0.25, 0.3) is 0 Å². The zero-order valence-corrected chi connectivity index (χ0v) is 14.2. The van der Waals surface area contributed by atoms with Gasteiger partial charge in [0, 0.05) is 0 Å². The third-order valence-electron chi connectivity index (χ3n) is 3.22. The molecule has 122 valence electrons. The third-order valence-corrected chi connectivity index (χ3v) is 4.14. The monoisotopic (exact) mass is 325 g/mol. The highest BCUT2D eigenvalue weighted by molar-refractivity contribution is 7.91. The molecule has 1 heterocycles. The fourth-order valence-electron chi connectivity index (χ4n) is 2.67. The summed E-state index contributed by atoms with van der Waals surface area (Å²) in [7, 11) is -3.76. The van der Waals surface area contributed by atoms with Crippen LogP contribution in [0.3, 0.4) is 0 Å². The Morgan fingerprint density at radius 2 is 2.05 bits per heavy atom. The van der Waals surface area contributed by atoms with Crippen LogP contribution in [0.4, 0.5) is 5.69 Å². The van der Waals surface area contributed by atoms with E-state index in [4.69, 9.17) is 10.5 Å². The molecule has 0 saturated carbocycles. The molecule has 2 rings (SSSR count). The van der Waals surface area contributed by atoms with Crippen LogP contribution in [0.1, 0.15) is 39.7 Å². The van der Waals surface area contributed by atoms with Crippen LogP contribution in [0.2, 0.25) is 0 Å². The lowest BCUT2D eigenvalue weighted by molar-refractivity contribution is 0.207. The van der Waals surface area contributed by atoms with Crippen LogP contribution in [0.15, 0.2) is 22.6 Å². The van der Waals surface area contributed by atoms with Crippen LogP contribution < -0.4 is 15.2 Å². The molecule has 0 aromatic heterocycles. The van der Waals surface area contributed by atoms with Crippen molar-refractivity contribution in [3.63, 3.8) is 0 Å². The highest BCUT2D eigenvalue weighted by Crippen LogP contribution is 2.31.